The Kier molecular flexibility index (Phi) is 3.69. The first-order valence-corrected chi connectivity index (χ1v) is 7.16. The molecule has 1 amide bonds. The van der Waals surface area contributed by atoms with Crippen LogP contribution in [0.1, 0.15) is 5.56 Å². The third kappa shape index (κ3) is 2.66. The predicted octanol–water partition coefficient (Wildman–Crippen LogP) is 1.89. The minimum Gasteiger partial charge on any atom is -0.367 e. The number of fused-ring (bicyclic) bond motifs is 1. The van der Waals surface area contributed by atoms with Crippen LogP contribution in [-0.4, -0.2) is 36.7 Å². The molecule has 0 aliphatic carbocycles. The fraction of sp³-hybridized carbons (Fsp3) is 0.333. The Bertz CT molecular complexity index is 705. The number of hydrogen-bond acceptors (Lipinski definition) is 4. The average Bonchev–Trinajstić information content (AvgIpc) is 2.51. The van der Waals surface area contributed by atoms with E-state index in [0.29, 0.717) is 24.7 Å². The molecule has 0 bridgehead atoms. The van der Waals surface area contributed by atoms with Crippen molar-refractivity contribution in [3.8, 4) is 0 Å². The highest BCUT2D eigenvalue weighted by molar-refractivity contribution is 6.32. The van der Waals surface area contributed by atoms with Gasteiger partial charge in [-0.2, -0.15) is 0 Å². The van der Waals surface area contributed by atoms with Crippen LogP contribution in [0.5, 0.6) is 0 Å². The monoisotopic (exact) mass is 305 g/mol. The second kappa shape index (κ2) is 5.50. The van der Waals surface area contributed by atoms with Crippen LogP contribution in [0.15, 0.2) is 24.3 Å². The van der Waals surface area contributed by atoms with E-state index in [1.807, 2.05) is 36.1 Å². The van der Waals surface area contributed by atoms with Gasteiger partial charge in [0.2, 0.25) is 5.91 Å². The third-order valence-electron chi connectivity index (χ3n) is 3.74. The molecule has 1 fully saturated rings. The summed E-state index contributed by atoms with van der Waals surface area (Å²) in [4.78, 5) is 18.0. The van der Waals surface area contributed by atoms with E-state index in [1.165, 1.54) is 0 Å². The molecule has 0 unspecified atom stereocenters. The molecule has 1 aromatic carbocycles. The van der Waals surface area contributed by atoms with Crippen molar-refractivity contribution in [1.29, 1.82) is 0 Å². The number of carbonyl (C=O) groups is 1. The Morgan fingerprint density at radius 2 is 2.19 bits per heavy atom. The molecule has 1 atom stereocenters. The molecule has 0 saturated carbocycles. The van der Waals surface area contributed by atoms with Crippen molar-refractivity contribution in [1.82, 2.24) is 4.98 Å². The van der Waals surface area contributed by atoms with E-state index in [0.717, 1.165) is 22.3 Å². The summed E-state index contributed by atoms with van der Waals surface area (Å²) in [6.45, 7) is 3.52. The molecule has 5 nitrogen and oxygen atoms in total. The van der Waals surface area contributed by atoms with Gasteiger partial charge in [0.05, 0.1) is 18.7 Å². The van der Waals surface area contributed by atoms with E-state index >= 15 is 0 Å². The average molecular weight is 306 g/mol. The number of nitrogens with two attached hydrogens (primary N) is 1. The summed E-state index contributed by atoms with van der Waals surface area (Å²) in [5.41, 5.74) is 7.14. The first-order valence-electron chi connectivity index (χ1n) is 6.78. The fourth-order valence-electron chi connectivity index (χ4n) is 2.50. The van der Waals surface area contributed by atoms with Crippen LogP contribution in [0.3, 0.4) is 0 Å². The summed E-state index contributed by atoms with van der Waals surface area (Å²) < 4.78 is 5.36. The zero-order chi connectivity index (χ0) is 15.0. The standard InChI is InChI=1S/C15H16ClN3O2/c1-9-11(16)4-2-10-3-5-13(18-14(9)10)19-6-7-21-12(8-19)15(17)20/h2-5,12H,6-8H2,1H3,(H2,17,20)/t12-/m0/s1. The van der Waals surface area contributed by atoms with E-state index in [4.69, 9.17) is 22.1 Å². The maximum atomic E-state index is 11.3. The number of pyridine rings is 1. The van der Waals surface area contributed by atoms with Gasteiger partial charge in [0.1, 0.15) is 5.82 Å². The molecule has 2 aromatic rings. The Morgan fingerprint density at radius 3 is 2.95 bits per heavy atom. The molecule has 21 heavy (non-hydrogen) atoms. The number of ether oxygens (including phenoxy) is 1. The Morgan fingerprint density at radius 1 is 1.43 bits per heavy atom. The van der Waals surface area contributed by atoms with Crippen LogP contribution < -0.4 is 10.6 Å². The quantitative estimate of drug-likeness (QED) is 0.920. The number of anilines is 1. The number of hydrogen-bond donors (Lipinski definition) is 1. The van der Waals surface area contributed by atoms with Gasteiger partial charge in [-0.15, -0.1) is 0 Å². The smallest absolute Gasteiger partial charge is 0.248 e. The second-order valence-corrected chi connectivity index (χ2v) is 5.53. The lowest BCUT2D eigenvalue weighted by atomic mass is 10.1. The van der Waals surface area contributed by atoms with Crippen LogP contribution >= 0.6 is 11.6 Å². The molecule has 1 aliphatic rings. The lowest BCUT2D eigenvalue weighted by molar-refractivity contribution is -0.130. The van der Waals surface area contributed by atoms with Gasteiger partial charge < -0.3 is 15.4 Å². The van der Waals surface area contributed by atoms with Crippen LogP contribution in [0.4, 0.5) is 5.82 Å². The van der Waals surface area contributed by atoms with Gasteiger partial charge in [0.15, 0.2) is 6.10 Å². The van der Waals surface area contributed by atoms with Gasteiger partial charge in [-0.1, -0.05) is 17.7 Å². The van der Waals surface area contributed by atoms with Crippen LogP contribution in [0, 0.1) is 6.92 Å². The number of rotatable bonds is 2. The van der Waals surface area contributed by atoms with Crippen LogP contribution in [0.25, 0.3) is 10.9 Å². The number of benzene rings is 1. The normalized spacial score (nSPS) is 19.0. The Labute approximate surface area is 127 Å². The first-order chi connectivity index (χ1) is 10.1. The number of nitrogens with zero attached hydrogens (tertiary/aromatic N) is 2. The van der Waals surface area contributed by atoms with Gasteiger partial charge in [-0.3, -0.25) is 4.79 Å². The minimum absolute atomic E-state index is 0.424. The summed E-state index contributed by atoms with van der Waals surface area (Å²) in [6.07, 6.45) is -0.586. The van der Waals surface area contributed by atoms with E-state index < -0.39 is 12.0 Å². The summed E-state index contributed by atoms with van der Waals surface area (Å²) in [7, 11) is 0. The number of aromatic nitrogens is 1. The molecule has 1 saturated heterocycles. The van der Waals surface area contributed by atoms with Crippen LogP contribution in [0.2, 0.25) is 5.02 Å². The lowest BCUT2D eigenvalue weighted by Gasteiger charge is -2.32. The van der Waals surface area contributed by atoms with Crippen molar-refractivity contribution < 1.29 is 9.53 Å². The summed E-state index contributed by atoms with van der Waals surface area (Å²) in [6, 6.07) is 7.78. The van der Waals surface area contributed by atoms with Crippen molar-refractivity contribution in [3.63, 3.8) is 0 Å². The summed E-state index contributed by atoms with van der Waals surface area (Å²) in [5, 5.41) is 1.74. The van der Waals surface area contributed by atoms with Gasteiger partial charge in [-0.25, -0.2) is 4.98 Å². The number of aryl methyl sites for hydroxylation is 1. The van der Waals surface area contributed by atoms with Crippen LogP contribution in [-0.2, 0) is 9.53 Å². The highest BCUT2D eigenvalue weighted by Crippen LogP contribution is 2.26. The van der Waals surface area contributed by atoms with E-state index in [2.05, 4.69) is 4.98 Å². The highest BCUT2D eigenvalue weighted by Gasteiger charge is 2.25. The highest BCUT2D eigenvalue weighted by atomic mass is 35.5. The lowest BCUT2D eigenvalue weighted by Crippen LogP contribution is -2.48. The van der Waals surface area contributed by atoms with Gasteiger partial charge in [0, 0.05) is 17.0 Å². The number of morpholine rings is 1. The Balaban J connectivity index is 1.97. The SMILES string of the molecule is Cc1c(Cl)ccc2ccc(N3CCO[C@H](C(N)=O)C3)nc12. The van der Waals surface area contributed by atoms with Crippen molar-refractivity contribution in [2.24, 2.45) is 5.73 Å². The maximum Gasteiger partial charge on any atom is 0.248 e. The molecule has 2 N–H and O–H groups in total. The molecule has 6 heteroatoms. The second-order valence-electron chi connectivity index (χ2n) is 5.12. The minimum atomic E-state index is -0.586. The van der Waals surface area contributed by atoms with Crippen molar-refractivity contribution in [3.05, 3.63) is 34.9 Å². The van der Waals surface area contributed by atoms with Crippen molar-refractivity contribution >= 4 is 34.2 Å². The molecular formula is C15H16ClN3O2. The zero-order valence-electron chi connectivity index (χ0n) is 11.7. The molecule has 0 radical (unpaired) electrons. The van der Waals surface area contributed by atoms with E-state index in [9.17, 15) is 4.79 Å². The van der Waals surface area contributed by atoms with Gasteiger partial charge >= 0.3 is 0 Å². The van der Waals surface area contributed by atoms with Gasteiger partial charge in [0.25, 0.3) is 0 Å². The molecule has 1 aromatic heterocycles. The molecule has 0 spiro atoms. The summed E-state index contributed by atoms with van der Waals surface area (Å²) >= 11 is 6.16. The third-order valence-corrected chi connectivity index (χ3v) is 4.15. The Hall–Kier alpha value is -1.85. The largest absolute Gasteiger partial charge is 0.367 e. The van der Waals surface area contributed by atoms with Crippen molar-refractivity contribution in [2.45, 2.75) is 13.0 Å². The maximum absolute atomic E-state index is 11.3. The van der Waals surface area contributed by atoms with Crippen molar-refractivity contribution in [2.75, 3.05) is 24.6 Å². The fourth-order valence-corrected chi connectivity index (χ4v) is 2.65. The predicted molar refractivity (Wildman–Crippen MR) is 82.6 cm³/mol. The molecule has 1 aliphatic heterocycles. The topological polar surface area (TPSA) is 68.5 Å². The molecule has 2 heterocycles. The number of primary amides is 1. The zero-order valence-corrected chi connectivity index (χ0v) is 12.4. The molecule has 110 valence electrons. The first kappa shape index (κ1) is 14.1. The van der Waals surface area contributed by atoms with Gasteiger partial charge in [-0.05, 0) is 30.7 Å². The van der Waals surface area contributed by atoms with E-state index in [1.54, 1.807) is 0 Å². The number of amides is 1. The van der Waals surface area contributed by atoms with E-state index in [-0.39, 0.29) is 0 Å². The summed E-state index contributed by atoms with van der Waals surface area (Å²) in [5.74, 6) is 0.363. The number of halogens is 1. The number of carbonyl (C=O) groups excluding carboxylic acids is 1. The molecule has 3 rings (SSSR count). The molecular weight excluding hydrogens is 290 g/mol.